The topological polar surface area (TPSA) is 23.5 Å². The number of nitrogens with zero attached hydrogens (tertiary/aromatic N) is 1. The summed E-state index contributed by atoms with van der Waals surface area (Å²) < 4.78 is 0. The second kappa shape index (κ2) is 4.58. The molecule has 0 saturated heterocycles. The van der Waals surface area contributed by atoms with Crippen molar-refractivity contribution in [3.63, 3.8) is 0 Å². The molecular weight excluding hydrogens is 222 g/mol. The molecule has 3 rings (SSSR count). The number of hydrogen-bond acceptors (Lipinski definition) is 2. The van der Waals surface area contributed by atoms with Crippen molar-refractivity contribution in [2.24, 2.45) is 0 Å². The molecule has 2 nitrogen and oxygen atoms in total. The van der Waals surface area contributed by atoms with Crippen molar-refractivity contribution in [3.05, 3.63) is 29.3 Å². The van der Waals surface area contributed by atoms with Gasteiger partial charge in [0.1, 0.15) is 0 Å². The normalized spacial score (nSPS) is 22.0. The first kappa shape index (κ1) is 12.0. The molecule has 0 aromatic heterocycles. The Morgan fingerprint density at radius 3 is 2.78 bits per heavy atom. The fourth-order valence-corrected chi connectivity index (χ4v) is 3.51. The molecule has 1 aromatic carbocycles. The molecule has 0 atom stereocenters. The highest BCUT2D eigenvalue weighted by Gasteiger charge is 2.34. The number of anilines is 1. The van der Waals surface area contributed by atoms with Crippen molar-refractivity contribution >= 4 is 5.69 Å². The van der Waals surface area contributed by atoms with Crippen LogP contribution in [0.5, 0.6) is 0 Å². The van der Waals surface area contributed by atoms with E-state index in [1.165, 1.54) is 42.5 Å². The minimum Gasteiger partial charge on any atom is -0.388 e. The molecular formula is C16H23NO. The van der Waals surface area contributed by atoms with E-state index in [4.69, 9.17) is 0 Å². The standard InChI is InChI=1S/C16H23NO/c1-13-6-7-15-14(11-13)5-4-10-17(15)12-16(18)8-2-3-9-16/h6-7,11,18H,2-5,8-10,12H2,1H3. The number of β-amino-alcohol motifs (C(OH)–C–C–N with tert-alkyl or cyclic N) is 1. The van der Waals surface area contributed by atoms with Gasteiger partial charge in [-0.25, -0.2) is 0 Å². The highest BCUT2D eigenvalue weighted by Crippen LogP contribution is 2.34. The molecule has 1 aliphatic carbocycles. The van der Waals surface area contributed by atoms with Gasteiger partial charge in [0.25, 0.3) is 0 Å². The third-order valence-electron chi connectivity index (χ3n) is 4.47. The number of aryl methyl sites for hydroxylation is 2. The zero-order valence-electron chi connectivity index (χ0n) is 11.3. The molecule has 1 aliphatic heterocycles. The second-order valence-electron chi connectivity index (χ2n) is 6.09. The molecule has 0 unspecified atom stereocenters. The van der Waals surface area contributed by atoms with Crippen molar-refractivity contribution in [1.82, 2.24) is 0 Å². The van der Waals surface area contributed by atoms with Gasteiger partial charge in [-0.15, -0.1) is 0 Å². The maximum absolute atomic E-state index is 10.6. The van der Waals surface area contributed by atoms with Gasteiger partial charge in [-0.3, -0.25) is 0 Å². The summed E-state index contributed by atoms with van der Waals surface area (Å²) in [6.45, 7) is 4.07. The second-order valence-corrected chi connectivity index (χ2v) is 6.09. The molecule has 18 heavy (non-hydrogen) atoms. The van der Waals surface area contributed by atoms with Gasteiger partial charge >= 0.3 is 0 Å². The minimum absolute atomic E-state index is 0.431. The van der Waals surface area contributed by atoms with Crippen LogP contribution in [-0.4, -0.2) is 23.8 Å². The Hall–Kier alpha value is -1.02. The molecule has 0 spiro atoms. The lowest BCUT2D eigenvalue weighted by Crippen LogP contribution is -2.43. The van der Waals surface area contributed by atoms with Gasteiger partial charge in [0.15, 0.2) is 0 Å². The van der Waals surface area contributed by atoms with E-state index >= 15 is 0 Å². The molecule has 1 aromatic rings. The van der Waals surface area contributed by atoms with Gasteiger partial charge in [0.05, 0.1) is 5.60 Å². The molecule has 0 radical (unpaired) electrons. The summed E-state index contributed by atoms with van der Waals surface area (Å²) in [6, 6.07) is 6.73. The van der Waals surface area contributed by atoms with Crippen LogP contribution in [0.2, 0.25) is 0 Å². The van der Waals surface area contributed by atoms with Crippen molar-refractivity contribution < 1.29 is 5.11 Å². The zero-order chi connectivity index (χ0) is 12.6. The lowest BCUT2D eigenvalue weighted by molar-refractivity contribution is 0.0545. The van der Waals surface area contributed by atoms with Gasteiger partial charge in [0.2, 0.25) is 0 Å². The van der Waals surface area contributed by atoms with Gasteiger partial charge in [-0.2, -0.15) is 0 Å². The predicted molar refractivity (Wildman–Crippen MR) is 75.1 cm³/mol. The molecule has 0 bridgehead atoms. The first-order valence-corrected chi connectivity index (χ1v) is 7.23. The summed E-state index contributed by atoms with van der Waals surface area (Å²) in [4.78, 5) is 2.41. The number of hydrogen-bond donors (Lipinski definition) is 1. The van der Waals surface area contributed by atoms with Crippen molar-refractivity contribution in [1.29, 1.82) is 0 Å². The Morgan fingerprint density at radius 1 is 1.22 bits per heavy atom. The van der Waals surface area contributed by atoms with Crippen molar-refractivity contribution in [2.45, 2.75) is 51.0 Å². The number of rotatable bonds is 2. The quantitative estimate of drug-likeness (QED) is 0.865. The van der Waals surface area contributed by atoms with E-state index < -0.39 is 5.60 Å². The van der Waals surface area contributed by atoms with E-state index in [1.54, 1.807) is 0 Å². The van der Waals surface area contributed by atoms with Crippen LogP contribution in [-0.2, 0) is 6.42 Å². The summed E-state index contributed by atoms with van der Waals surface area (Å²) in [5.41, 5.74) is 3.73. The van der Waals surface area contributed by atoms with E-state index in [1.807, 2.05) is 0 Å². The van der Waals surface area contributed by atoms with E-state index in [9.17, 15) is 5.11 Å². The monoisotopic (exact) mass is 245 g/mol. The number of benzene rings is 1. The molecule has 98 valence electrons. The average Bonchev–Trinajstić information content (AvgIpc) is 2.76. The van der Waals surface area contributed by atoms with Crippen molar-refractivity contribution in [3.8, 4) is 0 Å². The first-order chi connectivity index (χ1) is 8.66. The van der Waals surface area contributed by atoms with Crippen LogP contribution in [0.1, 0.15) is 43.2 Å². The van der Waals surface area contributed by atoms with E-state index in [2.05, 4.69) is 30.0 Å². The Balaban J connectivity index is 1.83. The van der Waals surface area contributed by atoms with Crippen LogP contribution in [0, 0.1) is 6.92 Å². The largest absolute Gasteiger partial charge is 0.388 e. The van der Waals surface area contributed by atoms with E-state index in [0.717, 1.165) is 25.9 Å². The molecule has 1 fully saturated rings. The Kier molecular flexibility index (Phi) is 3.06. The lowest BCUT2D eigenvalue weighted by atomic mass is 9.96. The van der Waals surface area contributed by atoms with E-state index in [-0.39, 0.29) is 0 Å². The smallest absolute Gasteiger partial charge is 0.0821 e. The SMILES string of the molecule is Cc1ccc2c(c1)CCCN2CC1(O)CCCC1. The van der Waals surface area contributed by atoms with Crippen LogP contribution in [0.25, 0.3) is 0 Å². The maximum atomic E-state index is 10.6. The number of fused-ring (bicyclic) bond motifs is 1. The molecule has 1 heterocycles. The third-order valence-corrected chi connectivity index (χ3v) is 4.47. The highest BCUT2D eigenvalue weighted by molar-refractivity contribution is 5.57. The van der Waals surface area contributed by atoms with E-state index in [0.29, 0.717) is 0 Å². The lowest BCUT2D eigenvalue weighted by Gasteiger charge is -2.37. The van der Waals surface area contributed by atoms with Gasteiger partial charge < -0.3 is 10.0 Å². The van der Waals surface area contributed by atoms with Crippen molar-refractivity contribution in [2.75, 3.05) is 18.0 Å². The maximum Gasteiger partial charge on any atom is 0.0821 e. The summed E-state index contributed by atoms with van der Waals surface area (Å²) in [6.07, 6.45) is 6.73. The average molecular weight is 245 g/mol. The van der Waals surface area contributed by atoms with Gasteiger partial charge in [0, 0.05) is 18.8 Å². The van der Waals surface area contributed by atoms with Crippen LogP contribution in [0.15, 0.2) is 18.2 Å². The predicted octanol–water partition coefficient (Wildman–Crippen LogP) is 3.05. The van der Waals surface area contributed by atoms with Gasteiger partial charge in [-0.1, -0.05) is 30.5 Å². The molecule has 2 aliphatic rings. The summed E-state index contributed by atoms with van der Waals surface area (Å²) in [5.74, 6) is 0. The Morgan fingerprint density at radius 2 is 2.00 bits per heavy atom. The first-order valence-electron chi connectivity index (χ1n) is 7.23. The van der Waals surface area contributed by atoms with Crippen LogP contribution >= 0.6 is 0 Å². The van der Waals surface area contributed by atoms with Crippen LogP contribution in [0.3, 0.4) is 0 Å². The molecule has 2 heteroatoms. The summed E-state index contributed by atoms with van der Waals surface area (Å²) >= 11 is 0. The van der Waals surface area contributed by atoms with Crippen LogP contribution in [0.4, 0.5) is 5.69 Å². The summed E-state index contributed by atoms with van der Waals surface area (Å²) in [5, 5.41) is 10.6. The fraction of sp³-hybridized carbons (Fsp3) is 0.625. The minimum atomic E-state index is -0.431. The fourth-order valence-electron chi connectivity index (χ4n) is 3.51. The third kappa shape index (κ3) is 2.26. The molecule has 1 saturated carbocycles. The number of aliphatic hydroxyl groups is 1. The molecule has 1 N–H and O–H groups in total. The Bertz CT molecular complexity index is 435. The zero-order valence-corrected chi connectivity index (χ0v) is 11.3. The highest BCUT2D eigenvalue weighted by atomic mass is 16.3. The van der Waals surface area contributed by atoms with Gasteiger partial charge in [-0.05, 0) is 44.2 Å². The van der Waals surface area contributed by atoms with Crippen LogP contribution < -0.4 is 4.90 Å². The Labute approximate surface area is 110 Å². The summed E-state index contributed by atoms with van der Waals surface area (Å²) in [7, 11) is 0. The molecule has 0 amide bonds.